The van der Waals surface area contributed by atoms with Crippen LogP contribution in [0, 0.1) is 5.92 Å². The first-order valence-electron chi connectivity index (χ1n) is 6.55. The van der Waals surface area contributed by atoms with E-state index in [1.807, 2.05) is 6.07 Å². The molecule has 1 aliphatic carbocycles. The topological polar surface area (TPSA) is 58.2 Å². The molecule has 3 rings (SSSR count). The number of nitrogens with one attached hydrogen (secondary N) is 2. The van der Waals surface area contributed by atoms with Gasteiger partial charge in [-0.3, -0.25) is 5.43 Å². The van der Waals surface area contributed by atoms with Crippen LogP contribution in [0.25, 0.3) is 0 Å². The van der Waals surface area contributed by atoms with Crippen LogP contribution in [-0.2, 0) is 9.84 Å². The van der Waals surface area contributed by atoms with Crippen molar-refractivity contribution in [2.75, 3.05) is 0 Å². The SMILES string of the molecule is O=S(=O)(c1ccccc1)C1NNC2C(Br)CCCC21. The van der Waals surface area contributed by atoms with Gasteiger partial charge in [-0.05, 0) is 25.0 Å². The van der Waals surface area contributed by atoms with E-state index in [4.69, 9.17) is 0 Å². The Labute approximate surface area is 122 Å². The molecule has 4 atom stereocenters. The maximum Gasteiger partial charge on any atom is 0.195 e. The van der Waals surface area contributed by atoms with E-state index in [1.165, 1.54) is 0 Å². The molecule has 4 nitrogen and oxygen atoms in total. The minimum absolute atomic E-state index is 0.128. The van der Waals surface area contributed by atoms with Gasteiger partial charge < -0.3 is 0 Å². The molecule has 0 amide bonds. The summed E-state index contributed by atoms with van der Waals surface area (Å²) in [6.45, 7) is 0. The van der Waals surface area contributed by atoms with Gasteiger partial charge in [-0.25, -0.2) is 13.8 Å². The van der Waals surface area contributed by atoms with Gasteiger partial charge >= 0.3 is 0 Å². The van der Waals surface area contributed by atoms with Gasteiger partial charge in [0, 0.05) is 16.8 Å². The lowest BCUT2D eigenvalue weighted by molar-refractivity contribution is 0.338. The van der Waals surface area contributed by atoms with Crippen LogP contribution in [-0.4, -0.2) is 24.7 Å². The number of hydrogen-bond acceptors (Lipinski definition) is 4. The number of fused-ring (bicyclic) bond motifs is 1. The zero-order valence-corrected chi connectivity index (χ0v) is 12.8. The second-order valence-corrected chi connectivity index (χ2v) is 8.45. The zero-order valence-electron chi connectivity index (χ0n) is 10.4. The summed E-state index contributed by atoms with van der Waals surface area (Å²) in [5.41, 5.74) is 6.16. The van der Waals surface area contributed by atoms with E-state index < -0.39 is 15.2 Å². The maximum absolute atomic E-state index is 12.7. The Hall–Kier alpha value is -0.430. The molecule has 19 heavy (non-hydrogen) atoms. The monoisotopic (exact) mass is 344 g/mol. The number of halogens is 1. The number of hydrazine groups is 1. The summed E-state index contributed by atoms with van der Waals surface area (Å²) in [4.78, 5) is 0.737. The van der Waals surface area contributed by atoms with Gasteiger partial charge in [0.25, 0.3) is 0 Å². The van der Waals surface area contributed by atoms with Crippen molar-refractivity contribution in [3.8, 4) is 0 Å². The maximum atomic E-state index is 12.7. The molecule has 104 valence electrons. The first kappa shape index (κ1) is 13.5. The van der Waals surface area contributed by atoms with Gasteiger partial charge in [0.05, 0.1) is 4.90 Å². The first-order valence-corrected chi connectivity index (χ1v) is 9.01. The number of sulfone groups is 1. The third kappa shape index (κ3) is 2.35. The highest BCUT2D eigenvalue weighted by molar-refractivity contribution is 9.09. The van der Waals surface area contributed by atoms with Crippen LogP contribution in [0.15, 0.2) is 35.2 Å². The summed E-state index contributed by atoms with van der Waals surface area (Å²) in [6.07, 6.45) is 3.11. The lowest BCUT2D eigenvalue weighted by Crippen LogP contribution is -2.41. The molecular formula is C13H17BrN2O2S. The average Bonchev–Trinajstić information content (AvgIpc) is 2.86. The normalized spacial score (nSPS) is 35.0. The van der Waals surface area contributed by atoms with Crippen LogP contribution in [0.5, 0.6) is 0 Å². The van der Waals surface area contributed by atoms with Crippen molar-refractivity contribution in [3.05, 3.63) is 30.3 Å². The van der Waals surface area contributed by atoms with Crippen LogP contribution >= 0.6 is 15.9 Å². The summed E-state index contributed by atoms with van der Waals surface area (Å²) in [7, 11) is -3.33. The Bertz CT molecular complexity index is 549. The van der Waals surface area contributed by atoms with Crippen LogP contribution < -0.4 is 10.9 Å². The van der Waals surface area contributed by atoms with Crippen molar-refractivity contribution in [1.29, 1.82) is 0 Å². The minimum atomic E-state index is -3.33. The third-order valence-corrected chi connectivity index (χ3v) is 7.15. The number of alkyl halides is 1. The van der Waals surface area contributed by atoms with E-state index in [0.29, 0.717) is 9.72 Å². The Morgan fingerprint density at radius 1 is 1.11 bits per heavy atom. The third-order valence-electron chi connectivity index (χ3n) is 4.06. The fraction of sp³-hybridized carbons (Fsp3) is 0.538. The number of hydrogen-bond donors (Lipinski definition) is 2. The van der Waals surface area contributed by atoms with Gasteiger partial charge in [0.2, 0.25) is 0 Å². The summed E-state index contributed by atoms with van der Waals surface area (Å²) in [5.74, 6) is 0.128. The van der Waals surface area contributed by atoms with Gasteiger partial charge in [-0.15, -0.1) is 0 Å². The van der Waals surface area contributed by atoms with Crippen LogP contribution in [0.2, 0.25) is 0 Å². The second kappa shape index (κ2) is 5.16. The van der Waals surface area contributed by atoms with Gasteiger partial charge in [-0.2, -0.15) is 0 Å². The first-order chi connectivity index (χ1) is 9.10. The smallest absolute Gasteiger partial charge is 0.195 e. The van der Waals surface area contributed by atoms with E-state index in [2.05, 4.69) is 26.8 Å². The quantitative estimate of drug-likeness (QED) is 0.803. The molecule has 1 saturated carbocycles. The molecule has 6 heteroatoms. The van der Waals surface area contributed by atoms with E-state index >= 15 is 0 Å². The molecule has 0 bridgehead atoms. The molecular weight excluding hydrogens is 328 g/mol. The van der Waals surface area contributed by atoms with Crippen LogP contribution in [0.4, 0.5) is 0 Å². The van der Waals surface area contributed by atoms with Crippen molar-refractivity contribution >= 4 is 25.8 Å². The Balaban J connectivity index is 1.91. The molecule has 1 aliphatic heterocycles. The average molecular weight is 345 g/mol. The molecule has 4 unspecified atom stereocenters. The molecule has 0 radical (unpaired) electrons. The lowest BCUT2D eigenvalue weighted by atomic mass is 9.86. The lowest BCUT2D eigenvalue weighted by Gasteiger charge is -2.30. The van der Waals surface area contributed by atoms with Crippen molar-refractivity contribution in [3.63, 3.8) is 0 Å². The van der Waals surface area contributed by atoms with E-state index in [0.717, 1.165) is 19.3 Å². The zero-order chi connectivity index (χ0) is 13.5. The second-order valence-electron chi connectivity index (χ2n) is 5.20. The Morgan fingerprint density at radius 3 is 2.58 bits per heavy atom. The molecule has 1 saturated heterocycles. The van der Waals surface area contributed by atoms with Gasteiger partial charge in [0.1, 0.15) is 5.37 Å². The summed E-state index contributed by atoms with van der Waals surface area (Å²) >= 11 is 3.65. The molecule has 1 aromatic carbocycles. The predicted octanol–water partition coefficient (Wildman–Crippen LogP) is 1.83. The molecule has 1 heterocycles. The van der Waals surface area contributed by atoms with E-state index in [1.54, 1.807) is 24.3 Å². The minimum Gasteiger partial charge on any atom is -0.252 e. The van der Waals surface area contributed by atoms with Gasteiger partial charge in [-0.1, -0.05) is 40.5 Å². The predicted molar refractivity (Wildman–Crippen MR) is 77.5 cm³/mol. The van der Waals surface area contributed by atoms with Crippen LogP contribution in [0.1, 0.15) is 19.3 Å². The fourth-order valence-electron chi connectivity index (χ4n) is 3.06. The highest BCUT2D eigenvalue weighted by Crippen LogP contribution is 2.37. The van der Waals surface area contributed by atoms with Crippen LogP contribution in [0.3, 0.4) is 0 Å². The molecule has 2 fully saturated rings. The van der Waals surface area contributed by atoms with Gasteiger partial charge in [0.15, 0.2) is 9.84 Å². The summed E-state index contributed by atoms with van der Waals surface area (Å²) in [6, 6.07) is 8.88. The van der Waals surface area contributed by atoms with E-state index in [9.17, 15) is 8.42 Å². The Morgan fingerprint density at radius 2 is 1.84 bits per heavy atom. The van der Waals surface area contributed by atoms with Crippen molar-refractivity contribution in [2.45, 2.75) is 40.4 Å². The van der Waals surface area contributed by atoms with Crippen molar-refractivity contribution in [2.24, 2.45) is 5.92 Å². The molecule has 2 N–H and O–H groups in total. The molecule has 0 aromatic heterocycles. The van der Waals surface area contributed by atoms with E-state index in [-0.39, 0.29) is 12.0 Å². The standard InChI is InChI=1S/C13H17BrN2O2S/c14-11-8-4-7-10-12(11)15-16-13(10)19(17,18)9-5-2-1-3-6-9/h1-3,5-6,10-13,15-16H,4,7-8H2. The number of rotatable bonds is 2. The van der Waals surface area contributed by atoms with Crippen molar-refractivity contribution in [1.82, 2.24) is 10.9 Å². The molecule has 0 spiro atoms. The van der Waals surface area contributed by atoms with Crippen molar-refractivity contribution < 1.29 is 8.42 Å². The molecule has 1 aromatic rings. The highest BCUT2D eigenvalue weighted by atomic mass is 79.9. The largest absolute Gasteiger partial charge is 0.252 e. The number of benzene rings is 1. The molecule has 2 aliphatic rings. The Kier molecular flexibility index (Phi) is 3.68. The highest BCUT2D eigenvalue weighted by Gasteiger charge is 2.47. The fourth-order valence-corrected chi connectivity index (χ4v) is 5.73. The summed E-state index contributed by atoms with van der Waals surface area (Å²) < 4.78 is 25.4. The summed E-state index contributed by atoms with van der Waals surface area (Å²) in [5, 5.41) is -0.528.